The number of nitrogens with one attached hydrogen (secondary N) is 2. The molecule has 5 heteroatoms. The molecule has 1 aliphatic rings. The molecule has 21 heavy (non-hydrogen) atoms. The molecule has 2 N–H and O–H groups in total. The molecule has 2 aromatic carbocycles. The van der Waals surface area contributed by atoms with Crippen molar-refractivity contribution in [3.63, 3.8) is 0 Å². The summed E-state index contributed by atoms with van der Waals surface area (Å²) < 4.78 is 6.59. The first-order valence-electron chi connectivity index (χ1n) is 6.72. The summed E-state index contributed by atoms with van der Waals surface area (Å²) in [4.78, 5) is 11.6. The smallest absolute Gasteiger partial charge is 0.265 e. The first-order chi connectivity index (χ1) is 10.1. The Morgan fingerprint density at radius 3 is 2.76 bits per heavy atom. The number of hydrogen-bond donors (Lipinski definition) is 2. The lowest BCUT2D eigenvalue weighted by atomic mass is 10.2. The second-order valence-corrected chi connectivity index (χ2v) is 5.86. The average Bonchev–Trinajstić information content (AvgIpc) is 2.48. The SMILES string of the molecule is CC1Oc2ccc(NCc3ccc(Br)cc3)cc2NC1=O. The van der Waals surface area contributed by atoms with Gasteiger partial charge < -0.3 is 15.4 Å². The summed E-state index contributed by atoms with van der Waals surface area (Å²) in [5.41, 5.74) is 2.83. The van der Waals surface area contributed by atoms with Gasteiger partial charge in [0, 0.05) is 16.7 Å². The van der Waals surface area contributed by atoms with Crippen molar-refractivity contribution in [3.8, 4) is 5.75 Å². The molecule has 0 aliphatic carbocycles. The van der Waals surface area contributed by atoms with E-state index in [0.29, 0.717) is 11.4 Å². The summed E-state index contributed by atoms with van der Waals surface area (Å²) in [6.45, 7) is 2.45. The third-order valence-electron chi connectivity index (χ3n) is 3.32. The third-order valence-corrected chi connectivity index (χ3v) is 3.85. The number of ether oxygens (including phenoxy) is 1. The van der Waals surface area contributed by atoms with Crippen molar-refractivity contribution >= 4 is 33.2 Å². The van der Waals surface area contributed by atoms with Gasteiger partial charge in [-0.05, 0) is 42.8 Å². The molecule has 2 aromatic rings. The van der Waals surface area contributed by atoms with Crippen LogP contribution in [-0.2, 0) is 11.3 Å². The summed E-state index contributed by atoms with van der Waals surface area (Å²) in [5, 5.41) is 6.18. The van der Waals surface area contributed by atoms with Crippen LogP contribution in [0.3, 0.4) is 0 Å². The second kappa shape index (κ2) is 5.77. The van der Waals surface area contributed by atoms with E-state index in [-0.39, 0.29) is 5.91 Å². The van der Waals surface area contributed by atoms with Crippen LogP contribution < -0.4 is 15.4 Å². The molecule has 0 saturated heterocycles. The molecule has 0 bridgehead atoms. The normalized spacial score (nSPS) is 16.7. The molecular weight excluding hydrogens is 332 g/mol. The monoisotopic (exact) mass is 346 g/mol. The van der Waals surface area contributed by atoms with E-state index < -0.39 is 6.10 Å². The second-order valence-electron chi connectivity index (χ2n) is 4.94. The fraction of sp³-hybridized carbons (Fsp3) is 0.188. The van der Waals surface area contributed by atoms with Gasteiger partial charge in [0.1, 0.15) is 5.75 Å². The quantitative estimate of drug-likeness (QED) is 0.889. The Labute approximate surface area is 131 Å². The Morgan fingerprint density at radius 2 is 2.00 bits per heavy atom. The van der Waals surface area contributed by atoms with Crippen LogP contribution in [0.1, 0.15) is 12.5 Å². The van der Waals surface area contributed by atoms with E-state index in [1.54, 1.807) is 6.92 Å². The van der Waals surface area contributed by atoms with E-state index in [9.17, 15) is 4.79 Å². The summed E-state index contributed by atoms with van der Waals surface area (Å²) in [5.74, 6) is 0.587. The molecule has 1 atom stereocenters. The van der Waals surface area contributed by atoms with Gasteiger partial charge in [0.05, 0.1) is 5.69 Å². The van der Waals surface area contributed by atoms with Gasteiger partial charge in [-0.2, -0.15) is 0 Å². The Bertz CT molecular complexity index is 670. The van der Waals surface area contributed by atoms with Crippen molar-refractivity contribution in [1.82, 2.24) is 0 Å². The van der Waals surface area contributed by atoms with Crippen molar-refractivity contribution in [2.45, 2.75) is 19.6 Å². The van der Waals surface area contributed by atoms with Gasteiger partial charge in [-0.15, -0.1) is 0 Å². The lowest BCUT2D eigenvalue weighted by molar-refractivity contribution is -0.122. The zero-order valence-electron chi connectivity index (χ0n) is 11.5. The van der Waals surface area contributed by atoms with Gasteiger partial charge in [0.15, 0.2) is 6.10 Å². The number of halogens is 1. The van der Waals surface area contributed by atoms with Crippen LogP contribution in [-0.4, -0.2) is 12.0 Å². The number of rotatable bonds is 3. The summed E-state index contributed by atoms with van der Waals surface area (Å²) in [6.07, 6.45) is -0.445. The minimum Gasteiger partial charge on any atom is -0.479 e. The highest BCUT2D eigenvalue weighted by molar-refractivity contribution is 9.10. The number of benzene rings is 2. The van der Waals surface area contributed by atoms with E-state index in [0.717, 1.165) is 16.7 Å². The maximum atomic E-state index is 11.6. The average molecular weight is 347 g/mol. The van der Waals surface area contributed by atoms with Crippen molar-refractivity contribution in [3.05, 3.63) is 52.5 Å². The molecule has 0 aromatic heterocycles. The van der Waals surface area contributed by atoms with Crippen molar-refractivity contribution in [2.75, 3.05) is 10.6 Å². The highest BCUT2D eigenvalue weighted by atomic mass is 79.9. The van der Waals surface area contributed by atoms with Gasteiger partial charge in [0.2, 0.25) is 0 Å². The van der Waals surface area contributed by atoms with Crippen LogP contribution in [0.15, 0.2) is 46.9 Å². The Kier molecular flexibility index (Phi) is 3.84. The van der Waals surface area contributed by atoms with Gasteiger partial charge in [-0.25, -0.2) is 0 Å². The molecule has 108 valence electrons. The summed E-state index contributed by atoms with van der Waals surface area (Å²) >= 11 is 3.42. The largest absolute Gasteiger partial charge is 0.479 e. The highest BCUT2D eigenvalue weighted by Gasteiger charge is 2.23. The predicted octanol–water partition coefficient (Wildman–Crippen LogP) is 3.78. The number of carbonyl (C=O) groups is 1. The Morgan fingerprint density at radius 1 is 1.24 bits per heavy atom. The molecule has 0 spiro atoms. The van der Waals surface area contributed by atoms with Gasteiger partial charge >= 0.3 is 0 Å². The van der Waals surface area contributed by atoms with Crippen LogP contribution in [0, 0.1) is 0 Å². The zero-order valence-corrected chi connectivity index (χ0v) is 13.1. The maximum Gasteiger partial charge on any atom is 0.265 e. The van der Waals surface area contributed by atoms with Crippen LogP contribution in [0.4, 0.5) is 11.4 Å². The first-order valence-corrected chi connectivity index (χ1v) is 7.51. The van der Waals surface area contributed by atoms with E-state index in [4.69, 9.17) is 4.74 Å². The zero-order chi connectivity index (χ0) is 14.8. The lowest BCUT2D eigenvalue weighted by Gasteiger charge is -2.23. The van der Waals surface area contributed by atoms with E-state index in [1.807, 2.05) is 30.3 Å². The van der Waals surface area contributed by atoms with Crippen LogP contribution >= 0.6 is 15.9 Å². The molecule has 3 rings (SSSR count). The fourth-order valence-corrected chi connectivity index (χ4v) is 2.39. The third kappa shape index (κ3) is 3.19. The van der Waals surface area contributed by atoms with E-state index in [2.05, 4.69) is 38.7 Å². The van der Waals surface area contributed by atoms with Gasteiger partial charge in [-0.1, -0.05) is 28.1 Å². The molecule has 0 radical (unpaired) electrons. The first kappa shape index (κ1) is 13.9. The van der Waals surface area contributed by atoms with E-state index >= 15 is 0 Å². The highest BCUT2D eigenvalue weighted by Crippen LogP contribution is 2.32. The molecule has 0 saturated carbocycles. The van der Waals surface area contributed by atoms with Gasteiger partial charge in [0.25, 0.3) is 5.91 Å². The number of amides is 1. The molecule has 1 unspecified atom stereocenters. The van der Waals surface area contributed by atoms with Gasteiger partial charge in [-0.3, -0.25) is 4.79 Å². The molecule has 1 amide bonds. The van der Waals surface area contributed by atoms with Crippen molar-refractivity contribution < 1.29 is 9.53 Å². The standard InChI is InChI=1S/C16H15BrN2O2/c1-10-16(20)19-14-8-13(6-7-15(14)21-10)18-9-11-2-4-12(17)5-3-11/h2-8,10,18H,9H2,1H3,(H,19,20). The van der Waals surface area contributed by atoms with E-state index in [1.165, 1.54) is 5.56 Å². The predicted molar refractivity (Wildman–Crippen MR) is 86.6 cm³/mol. The van der Waals surface area contributed by atoms with Crippen molar-refractivity contribution in [2.24, 2.45) is 0 Å². The number of hydrogen-bond acceptors (Lipinski definition) is 3. The van der Waals surface area contributed by atoms with Crippen LogP contribution in [0.2, 0.25) is 0 Å². The molecule has 4 nitrogen and oxygen atoms in total. The fourth-order valence-electron chi connectivity index (χ4n) is 2.13. The molecule has 1 aliphatic heterocycles. The Hall–Kier alpha value is -2.01. The lowest BCUT2D eigenvalue weighted by Crippen LogP contribution is -2.34. The number of fused-ring (bicyclic) bond motifs is 1. The number of anilines is 2. The summed E-state index contributed by atoms with van der Waals surface area (Å²) in [6, 6.07) is 13.8. The molecule has 0 fully saturated rings. The molecular formula is C16H15BrN2O2. The number of carbonyl (C=O) groups excluding carboxylic acids is 1. The Balaban J connectivity index is 1.71. The molecule has 1 heterocycles. The van der Waals surface area contributed by atoms with Crippen molar-refractivity contribution in [1.29, 1.82) is 0 Å². The maximum absolute atomic E-state index is 11.6. The minimum atomic E-state index is -0.445. The topological polar surface area (TPSA) is 50.4 Å². The van der Waals surface area contributed by atoms with Crippen LogP contribution in [0.25, 0.3) is 0 Å². The van der Waals surface area contributed by atoms with Crippen LogP contribution in [0.5, 0.6) is 5.75 Å². The summed E-state index contributed by atoms with van der Waals surface area (Å²) in [7, 11) is 0. The minimum absolute atomic E-state index is 0.118.